The van der Waals surface area contributed by atoms with Crippen molar-refractivity contribution in [2.24, 2.45) is 5.10 Å². The molecule has 2 rings (SSSR count). The first-order valence-corrected chi connectivity index (χ1v) is 6.36. The molecular formula is C13H12N2O3S. The largest absolute Gasteiger partial charge is 0.508 e. The standard InChI is InChI=1S/C13H12N2O3S/c1-8(10-5-4-9(16)7-11(10)17)14-15-13(18)12-3-2-6-19-12/h2-7,16-17H,1H3,(H,15,18)/b14-8+. The summed E-state index contributed by atoms with van der Waals surface area (Å²) < 4.78 is 0. The Labute approximate surface area is 113 Å². The summed E-state index contributed by atoms with van der Waals surface area (Å²) in [5.41, 5.74) is 3.31. The van der Waals surface area contributed by atoms with E-state index in [-0.39, 0.29) is 17.4 Å². The average molecular weight is 276 g/mol. The van der Waals surface area contributed by atoms with E-state index in [9.17, 15) is 15.0 Å². The molecule has 0 aliphatic rings. The molecule has 0 saturated carbocycles. The van der Waals surface area contributed by atoms with Gasteiger partial charge in [-0.1, -0.05) is 6.07 Å². The molecule has 0 aliphatic heterocycles. The number of amides is 1. The van der Waals surface area contributed by atoms with Crippen molar-refractivity contribution in [1.82, 2.24) is 5.43 Å². The molecule has 19 heavy (non-hydrogen) atoms. The fourth-order valence-corrected chi connectivity index (χ4v) is 2.10. The zero-order valence-corrected chi connectivity index (χ0v) is 10.9. The Morgan fingerprint density at radius 3 is 2.74 bits per heavy atom. The Morgan fingerprint density at radius 2 is 2.11 bits per heavy atom. The van der Waals surface area contributed by atoms with Crippen LogP contribution in [0.2, 0.25) is 0 Å². The van der Waals surface area contributed by atoms with Gasteiger partial charge in [0.1, 0.15) is 11.5 Å². The number of phenols is 2. The maximum atomic E-state index is 11.7. The number of carbonyl (C=O) groups is 1. The molecule has 0 spiro atoms. The molecule has 5 nitrogen and oxygen atoms in total. The van der Waals surface area contributed by atoms with Crippen molar-refractivity contribution in [3.05, 3.63) is 46.2 Å². The van der Waals surface area contributed by atoms with Gasteiger partial charge in [0.2, 0.25) is 0 Å². The summed E-state index contributed by atoms with van der Waals surface area (Å²) >= 11 is 1.32. The summed E-state index contributed by atoms with van der Waals surface area (Å²) in [5, 5.41) is 24.6. The van der Waals surface area contributed by atoms with E-state index in [1.54, 1.807) is 24.4 Å². The van der Waals surface area contributed by atoms with Gasteiger partial charge in [-0.05, 0) is 30.5 Å². The van der Waals surface area contributed by atoms with Gasteiger partial charge >= 0.3 is 0 Å². The van der Waals surface area contributed by atoms with Crippen molar-refractivity contribution in [2.75, 3.05) is 0 Å². The molecule has 0 aliphatic carbocycles. The van der Waals surface area contributed by atoms with E-state index in [0.717, 1.165) is 0 Å². The summed E-state index contributed by atoms with van der Waals surface area (Å²) in [6.45, 7) is 1.65. The number of nitrogens with one attached hydrogen (secondary N) is 1. The van der Waals surface area contributed by atoms with E-state index >= 15 is 0 Å². The Kier molecular flexibility index (Phi) is 3.82. The van der Waals surface area contributed by atoms with Crippen molar-refractivity contribution in [3.8, 4) is 11.5 Å². The third-order valence-corrected chi connectivity index (χ3v) is 3.31. The normalized spacial score (nSPS) is 11.3. The van der Waals surface area contributed by atoms with Crippen LogP contribution in [0.25, 0.3) is 0 Å². The van der Waals surface area contributed by atoms with Gasteiger partial charge in [0, 0.05) is 11.6 Å². The summed E-state index contributed by atoms with van der Waals surface area (Å²) in [7, 11) is 0. The monoisotopic (exact) mass is 276 g/mol. The quantitative estimate of drug-likeness (QED) is 0.594. The van der Waals surface area contributed by atoms with Crippen LogP contribution in [0.1, 0.15) is 22.2 Å². The summed E-state index contributed by atoms with van der Waals surface area (Å²) in [6, 6.07) is 7.66. The van der Waals surface area contributed by atoms with Crippen LogP contribution in [0.5, 0.6) is 11.5 Å². The number of nitrogens with zero attached hydrogens (tertiary/aromatic N) is 1. The molecule has 3 N–H and O–H groups in total. The predicted octanol–water partition coefficient (Wildman–Crippen LogP) is 2.31. The van der Waals surface area contributed by atoms with E-state index < -0.39 is 0 Å². The van der Waals surface area contributed by atoms with Crippen LogP contribution in [-0.4, -0.2) is 21.8 Å². The van der Waals surface area contributed by atoms with Gasteiger partial charge in [0.15, 0.2) is 0 Å². The zero-order chi connectivity index (χ0) is 13.8. The molecule has 2 aromatic rings. The number of hydrogen-bond acceptors (Lipinski definition) is 5. The molecule has 1 aromatic heterocycles. The van der Waals surface area contributed by atoms with Gasteiger partial charge < -0.3 is 10.2 Å². The first-order chi connectivity index (χ1) is 9.08. The molecule has 0 atom stereocenters. The highest BCUT2D eigenvalue weighted by molar-refractivity contribution is 7.12. The number of thiophene rings is 1. The first kappa shape index (κ1) is 13.1. The van der Waals surface area contributed by atoms with E-state index in [0.29, 0.717) is 16.2 Å². The highest BCUT2D eigenvalue weighted by atomic mass is 32.1. The molecule has 0 saturated heterocycles. The summed E-state index contributed by atoms with van der Waals surface area (Å²) in [5.74, 6) is -0.420. The number of carbonyl (C=O) groups excluding carboxylic acids is 1. The second kappa shape index (κ2) is 5.53. The van der Waals surface area contributed by atoms with Crippen LogP contribution >= 0.6 is 11.3 Å². The third kappa shape index (κ3) is 3.11. The van der Waals surface area contributed by atoms with E-state index in [2.05, 4.69) is 10.5 Å². The second-order valence-corrected chi connectivity index (χ2v) is 4.76. The van der Waals surface area contributed by atoms with E-state index in [1.807, 2.05) is 0 Å². The molecule has 1 amide bonds. The van der Waals surface area contributed by atoms with Gasteiger partial charge in [-0.15, -0.1) is 11.3 Å². The van der Waals surface area contributed by atoms with Crippen molar-refractivity contribution in [3.63, 3.8) is 0 Å². The van der Waals surface area contributed by atoms with Crippen LogP contribution in [0.15, 0.2) is 40.8 Å². The molecule has 1 heterocycles. The minimum Gasteiger partial charge on any atom is -0.508 e. The van der Waals surface area contributed by atoms with Gasteiger partial charge in [-0.2, -0.15) is 5.10 Å². The lowest BCUT2D eigenvalue weighted by atomic mass is 10.1. The van der Waals surface area contributed by atoms with E-state index in [1.165, 1.54) is 29.5 Å². The Morgan fingerprint density at radius 1 is 1.32 bits per heavy atom. The van der Waals surface area contributed by atoms with Crippen molar-refractivity contribution in [1.29, 1.82) is 0 Å². The summed E-state index contributed by atoms with van der Waals surface area (Å²) in [4.78, 5) is 12.2. The second-order valence-electron chi connectivity index (χ2n) is 3.82. The molecule has 1 aromatic carbocycles. The van der Waals surface area contributed by atoms with Crippen LogP contribution < -0.4 is 5.43 Å². The lowest BCUT2D eigenvalue weighted by molar-refractivity contribution is 0.0959. The van der Waals surface area contributed by atoms with Gasteiger partial charge in [-0.25, -0.2) is 5.43 Å². The number of hydrogen-bond donors (Lipinski definition) is 3. The van der Waals surface area contributed by atoms with Crippen molar-refractivity contribution >= 4 is 23.0 Å². The molecule has 0 unspecified atom stereocenters. The Balaban J connectivity index is 2.13. The predicted molar refractivity (Wildman–Crippen MR) is 73.8 cm³/mol. The highest BCUT2D eigenvalue weighted by Gasteiger charge is 2.08. The fourth-order valence-electron chi connectivity index (χ4n) is 1.48. The lowest BCUT2D eigenvalue weighted by Crippen LogP contribution is -2.18. The van der Waals surface area contributed by atoms with Crippen LogP contribution in [0, 0.1) is 0 Å². The Bertz CT molecular complexity index is 621. The van der Waals surface area contributed by atoms with Crippen LogP contribution in [0.3, 0.4) is 0 Å². The van der Waals surface area contributed by atoms with Crippen molar-refractivity contribution < 1.29 is 15.0 Å². The van der Waals surface area contributed by atoms with Gasteiger partial charge in [0.25, 0.3) is 5.91 Å². The minimum absolute atomic E-state index is 0.0309. The minimum atomic E-state index is -0.299. The number of rotatable bonds is 3. The molecule has 0 radical (unpaired) electrons. The zero-order valence-electron chi connectivity index (χ0n) is 10.1. The topological polar surface area (TPSA) is 81.9 Å². The third-order valence-electron chi connectivity index (χ3n) is 2.44. The lowest BCUT2D eigenvalue weighted by Gasteiger charge is -2.05. The maximum absolute atomic E-state index is 11.7. The average Bonchev–Trinajstić information content (AvgIpc) is 2.89. The fraction of sp³-hybridized carbons (Fsp3) is 0.0769. The SMILES string of the molecule is C/C(=N\NC(=O)c1cccs1)c1ccc(O)cc1O. The van der Waals surface area contributed by atoms with Crippen molar-refractivity contribution in [2.45, 2.75) is 6.92 Å². The summed E-state index contributed by atoms with van der Waals surface area (Å²) in [6.07, 6.45) is 0. The Hall–Kier alpha value is -2.34. The molecular weight excluding hydrogens is 264 g/mol. The first-order valence-electron chi connectivity index (χ1n) is 5.48. The number of benzene rings is 1. The smallest absolute Gasteiger partial charge is 0.281 e. The molecule has 98 valence electrons. The van der Waals surface area contributed by atoms with Gasteiger partial charge in [0.05, 0.1) is 10.6 Å². The molecule has 0 fully saturated rings. The maximum Gasteiger partial charge on any atom is 0.281 e. The molecule has 6 heteroatoms. The van der Waals surface area contributed by atoms with E-state index in [4.69, 9.17) is 0 Å². The van der Waals surface area contributed by atoms with Crippen LogP contribution in [-0.2, 0) is 0 Å². The number of phenolic OH excluding ortho intramolecular Hbond substituents is 2. The highest BCUT2D eigenvalue weighted by Crippen LogP contribution is 2.22. The number of hydrazone groups is 1. The van der Waals surface area contributed by atoms with Gasteiger partial charge in [-0.3, -0.25) is 4.79 Å². The number of aromatic hydroxyl groups is 2. The molecule has 0 bridgehead atoms. The van der Waals surface area contributed by atoms with Crippen LogP contribution in [0.4, 0.5) is 0 Å².